The number of hydrogen-bond acceptors (Lipinski definition) is 2. The average Bonchev–Trinajstić information content (AvgIpc) is 2.36. The zero-order chi connectivity index (χ0) is 13.9. The van der Waals surface area contributed by atoms with Gasteiger partial charge in [-0.2, -0.15) is 0 Å². The molecule has 1 fully saturated rings. The Morgan fingerprint density at radius 2 is 2.11 bits per heavy atom. The van der Waals surface area contributed by atoms with E-state index in [4.69, 9.17) is 4.74 Å². The van der Waals surface area contributed by atoms with Crippen LogP contribution in [0.1, 0.15) is 52.0 Å². The Labute approximate surface area is 116 Å². The third-order valence-electron chi connectivity index (χ3n) is 4.57. The molecule has 0 spiro atoms. The van der Waals surface area contributed by atoms with Crippen LogP contribution in [0.3, 0.4) is 0 Å². The topological polar surface area (TPSA) is 29.5 Å². The largest absolute Gasteiger partial charge is 0.508 e. The SMILES string of the molecule is CC(Cc1ccccc1O)OC1(C)CCCCC1C. The Bertz CT molecular complexity index is 415. The van der Waals surface area contributed by atoms with Crippen molar-refractivity contribution in [1.29, 1.82) is 0 Å². The molecular weight excluding hydrogens is 236 g/mol. The summed E-state index contributed by atoms with van der Waals surface area (Å²) in [5, 5.41) is 9.83. The van der Waals surface area contributed by atoms with Gasteiger partial charge in [-0.3, -0.25) is 0 Å². The van der Waals surface area contributed by atoms with E-state index in [1.165, 1.54) is 19.3 Å². The lowest BCUT2D eigenvalue weighted by molar-refractivity contribution is -0.124. The van der Waals surface area contributed by atoms with E-state index in [2.05, 4.69) is 20.8 Å². The number of ether oxygens (including phenoxy) is 1. The normalized spacial score (nSPS) is 29.1. The predicted octanol–water partition coefficient (Wildman–Crippen LogP) is 4.31. The molecule has 0 aliphatic heterocycles. The first-order chi connectivity index (χ1) is 9.01. The lowest BCUT2D eigenvalue weighted by Gasteiger charge is -2.41. The lowest BCUT2D eigenvalue weighted by atomic mass is 9.77. The number of aromatic hydroxyl groups is 1. The van der Waals surface area contributed by atoms with Gasteiger partial charge in [-0.25, -0.2) is 0 Å². The third-order valence-corrected chi connectivity index (χ3v) is 4.57. The summed E-state index contributed by atoms with van der Waals surface area (Å²) >= 11 is 0. The van der Waals surface area contributed by atoms with Crippen LogP contribution >= 0.6 is 0 Å². The highest BCUT2D eigenvalue weighted by atomic mass is 16.5. The fraction of sp³-hybridized carbons (Fsp3) is 0.647. The number of hydrogen-bond donors (Lipinski definition) is 1. The first kappa shape index (κ1) is 14.4. The third kappa shape index (κ3) is 3.50. The molecule has 3 atom stereocenters. The van der Waals surface area contributed by atoms with Crippen LogP contribution in [0.5, 0.6) is 5.75 Å². The predicted molar refractivity (Wildman–Crippen MR) is 78.4 cm³/mol. The highest BCUT2D eigenvalue weighted by Crippen LogP contribution is 2.37. The summed E-state index contributed by atoms with van der Waals surface area (Å²) in [5.41, 5.74) is 0.976. The molecule has 0 amide bonds. The van der Waals surface area contributed by atoms with Crippen molar-refractivity contribution < 1.29 is 9.84 Å². The highest BCUT2D eigenvalue weighted by molar-refractivity contribution is 5.32. The molecule has 2 nitrogen and oxygen atoms in total. The van der Waals surface area contributed by atoms with Gasteiger partial charge in [0.1, 0.15) is 5.75 Å². The standard InChI is InChI=1S/C17H26O2/c1-13-8-6-7-11-17(13,3)19-14(2)12-15-9-4-5-10-16(15)18/h4-5,9-10,13-14,18H,6-8,11-12H2,1-3H3. The average molecular weight is 262 g/mol. The van der Waals surface area contributed by atoms with E-state index in [9.17, 15) is 5.11 Å². The van der Waals surface area contributed by atoms with Crippen molar-refractivity contribution in [3.8, 4) is 5.75 Å². The zero-order valence-corrected chi connectivity index (χ0v) is 12.4. The summed E-state index contributed by atoms with van der Waals surface area (Å²) in [7, 11) is 0. The Morgan fingerprint density at radius 3 is 2.79 bits per heavy atom. The summed E-state index contributed by atoms with van der Waals surface area (Å²) in [6.45, 7) is 6.66. The molecule has 1 aromatic rings. The fourth-order valence-electron chi connectivity index (χ4n) is 3.15. The number of benzene rings is 1. The molecule has 1 aromatic carbocycles. The minimum Gasteiger partial charge on any atom is -0.508 e. The first-order valence-electron chi connectivity index (χ1n) is 7.46. The zero-order valence-electron chi connectivity index (χ0n) is 12.4. The van der Waals surface area contributed by atoms with Crippen molar-refractivity contribution in [1.82, 2.24) is 0 Å². The molecule has 0 bridgehead atoms. The van der Waals surface area contributed by atoms with Gasteiger partial charge in [-0.1, -0.05) is 38.0 Å². The maximum Gasteiger partial charge on any atom is 0.118 e. The van der Waals surface area contributed by atoms with E-state index < -0.39 is 0 Å². The number of phenols is 1. The van der Waals surface area contributed by atoms with Gasteiger partial charge in [-0.15, -0.1) is 0 Å². The Kier molecular flexibility index (Phi) is 4.51. The molecule has 1 saturated carbocycles. The summed E-state index contributed by atoms with van der Waals surface area (Å²) in [6, 6.07) is 7.54. The molecular formula is C17H26O2. The Balaban J connectivity index is 1.97. The van der Waals surface area contributed by atoms with Crippen LogP contribution in [-0.2, 0) is 11.2 Å². The molecule has 1 N–H and O–H groups in total. The van der Waals surface area contributed by atoms with Gasteiger partial charge in [0.15, 0.2) is 0 Å². The van der Waals surface area contributed by atoms with E-state index in [1.807, 2.05) is 18.2 Å². The van der Waals surface area contributed by atoms with Crippen LogP contribution in [-0.4, -0.2) is 16.8 Å². The molecule has 0 radical (unpaired) electrons. The Hall–Kier alpha value is -1.02. The fourth-order valence-corrected chi connectivity index (χ4v) is 3.15. The van der Waals surface area contributed by atoms with E-state index in [0.717, 1.165) is 18.4 Å². The van der Waals surface area contributed by atoms with Gasteiger partial charge in [-0.05, 0) is 44.2 Å². The second-order valence-corrected chi connectivity index (χ2v) is 6.22. The van der Waals surface area contributed by atoms with Crippen molar-refractivity contribution in [2.45, 2.75) is 64.6 Å². The van der Waals surface area contributed by atoms with Crippen LogP contribution in [0.25, 0.3) is 0 Å². The quantitative estimate of drug-likeness (QED) is 0.876. The smallest absolute Gasteiger partial charge is 0.118 e. The summed E-state index contributed by atoms with van der Waals surface area (Å²) in [4.78, 5) is 0. The van der Waals surface area contributed by atoms with Crippen molar-refractivity contribution in [2.24, 2.45) is 5.92 Å². The molecule has 0 aromatic heterocycles. The molecule has 2 heteroatoms. The van der Waals surface area contributed by atoms with Crippen molar-refractivity contribution >= 4 is 0 Å². The molecule has 1 aliphatic carbocycles. The molecule has 0 heterocycles. The molecule has 1 aliphatic rings. The summed E-state index contributed by atoms with van der Waals surface area (Å²) in [5.74, 6) is 0.993. The van der Waals surface area contributed by atoms with Gasteiger partial charge in [0.05, 0.1) is 11.7 Å². The number of para-hydroxylation sites is 1. The minimum absolute atomic E-state index is 0.00205. The lowest BCUT2D eigenvalue weighted by Crippen LogP contribution is -2.41. The number of phenolic OH excluding ortho intramolecular Hbond substituents is 1. The van der Waals surface area contributed by atoms with E-state index in [1.54, 1.807) is 6.07 Å². The maximum absolute atomic E-state index is 9.83. The van der Waals surface area contributed by atoms with Gasteiger partial charge < -0.3 is 9.84 Å². The molecule has 2 rings (SSSR count). The molecule has 0 saturated heterocycles. The van der Waals surface area contributed by atoms with Gasteiger partial charge in [0, 0.05) is 6.42 Å². The van der Waals surface area contributed by atoms with Crippen LogP contribution < -0.4 is 0 Å². The highest BCUT2D eigenvalue weighted by Gasteiger charge is 2.35. The van der Waals surface area contributed by atoms with Crippen molar-refractivity contribution in [3.05, 3.63) is 29.8 Å². The van der Waals surface area contributed by atoms with Gasteiger partial charge in [0.2, 0.25) is 0 Å². The van der Waals surface area contributed by atoms with E-state index in [-0.39, 0.29) is 11.7 Å². The Morgan fingerprint density at radius 1 is 1.37 bits per heavy atom. The van der Waals surface area contributed by atoms with Crippen LogP contribution in [0.4, 0.5) is 0 Å². The van der Waals surface area contributed by atoms with Crippen molar-refractivity contribution in [2.75, 3.05) is 0 Å². The maximum atomic E-state index is 9.83. The van der Waals surface area contributed by atoms with Crippen LogP contribution in [0.2, 0.25) is 0 Å². The summed E-state index contributed by atoms with van der Waals surface area (Å²) < 4.78 is 6.34. The monoisotopic (exact) mass is 262 g/mol. The number of rotatable bonds is 4. The van der Waals surface area contributed by atoms with Gasteiger partial charge in [0.25, 0.3) is 0 Å². The summed E-state index contributed by atoms with van der Waals surface area (Å²) in [6.07, 6.45) is 5.92. The van der Waals surface area contributed by atoms with Crippen molar-refractivity contribution in [3.63, 3.8) is 0 Å². The second kappa shape index (κ2) is 5.96. The van der Waals surface area contributed by atoms with Crippen LogP contribution in [0.15, 0.2) is 24.3 Å². The molecule has 106 valence electrons. The molecule has 3 unspecified atom stereocenters. The van der Waals surface area contributed by atoms with Crippen LogP contribution in [0, 0.1) is 5.92 Å². The van der Waals surface area contributed by atoms with Gasteiger partial charge >= 0.3 is 0 Å². The minimum atomic E-state index is 0.00205. The second-order valence-electron chi connectivity index (χ2n) is 6.22. The first-order valence-corrected chi connectivity index (χ1v) is 7.46. The van der Waals surface area contributed by atoms with E-state index in [0.29, 0.717) is 11.7 Å². The molecule has 19 heavy (non-hydrogen) atoms. The van der Waals surface area contributed by atoms with E-state index >= 15 is 0 Å².